The summed E-state index contributed by atoms with van der Waals surface area (Å²) in [6.07, 6.45) is 1.05. The molecule has 1 amide bonds. The average Bonchev–Trinajstić information content (AvgIpc) is 3.14. The van der Waals surface area contributed by atoms with E-state index in [1.807, 2.05) is 24.3 Å². The first-order valence-electron chi connectivity index (χ1n) is 8.51. The van der Waals surface area contributed by atoms with Crippen molar-refractivity contribution in [3.63, 3.8) is 0 Å². The van der Waals surface area contributed by atoms with E-state index in [2.05, 4.69) is 15.6 Å². The van der Waals surface area contributed by atoms with Gasteiger partial charge in [-0.05, 0) is 24.1 Å². The molecular formula is C18H29IN4O3. The molecule has 1 atom stereocenters. The van der Waals surface area contributed by atoms with Gasteiger partial charge in [-0.1, -0.05) is 12.1 Å². The molecule has 0 aromatic heterocycles. The molecule has 1 saturated heterocycles. The lowest BCUT2D eigenvalue weighted by Crippen LogP contribution is -2.44. The molecular weight excluding hydrogens is 447 g/mol. The van der Waals surface area contributed by atoms with Crippen LogP contribution in [0.5, 0.6) is 5.75 Å². The third-order valence-electron chi connectivity index (χ3n) is 4.04. The average molecular weight is 476 g/mol. The first-order chi connectivity index (χ1) is 12.1. The van der Waals surface area contributed by atoms with Crippen molar-refractivity contribution in [2.75, 3.05) is 47.5 Å². The molecule has 8 heteroatoms. The van der Waals surface area contributed by atoms with Crippen LogP contribution in [0.4, 0.5) is 0 Å². The van der Waals surface area contributed by atoms with Gasteiger partial charge in [-0.2, -0.15) is 0 Å². The van der Waals surface area contributed by atoms with Gasteiger partial charge in [0.2, 0.25) is 5.91 Å². The van der Waals surface area contributed by atoms with Gasteiger partial charge in [0.25, 0.3) is 0 Å². The highest BCUT2D eigenvalue weighted by atomic mass is 127. The molecule has 1 aliphatic rings. The Morgan fingerprint density at radius 3 is 2.85 bits per heavy atom. The van der Waals surface area contributed by atoms with Crippen molar-refractivity contribution in [1.82, 2.24) is 15.5 Å². The van der Waals surface area contributed by atoms with Gasteiger partial charge in [0.1, 0.15) is 5.75 Å². The fourth-order valence-corrected chi connectivity index (χ4v) is 2.42. The number of guanidine groups is 1. The Morgan fingerprint density at radius 2 is 2.19 bits per heavy atom. The van der Waals surface area contributed by atoms with E-state index in [0.717, 1.165) is 37.5 Å². The molecule has 0 aliphatic carbocycles. The van der Waals surface area contributed by atoms with Crippen LogP contribution in [0.25, 0.3) is 0 Å². The predicted molar refractivity (Wildman–Crippen MR) is 113 cm³/mol. The summed E-state index contributed by atoms with van der Waals surface area (Å²) in [5.41, 5.74) is 1.04. The van der Waals surface area contributed by atoms with Crippen LogP contribution in [-0.4, -0.2) is 64.3 Å². The van der Waals surface area contributed by atoms with Crippen molar-refractivity contribution in [2.45, 2.75) is 13.0 Å². The van der Waals surface area contributed by atoms with Crippen molar-refractivity contribution in [3.8, 4) is 5.75 Å². The summed E-state index contributed by atoms with van der Waals surface area (Å²) in [4.78, 5) is 18.0. The quantitative estimate of drug-likeness (QED) is 0.354. The van der Waals surface area contributed by atoms with Crippen LogP contribution in [0.15, 0.2) is 29.3 Å². The second kappa shape index (κ2) is 11.9. The number of hydrogen-bond donors (Lipinski definition) is 2. The fourth-order valence-electron chi connectivity index (χ4n) is 2.42. The second-order valence-corrected chi connectivity index (χ2v) is 6.27. The second-order valence-electron chi connectivity index (χ2n) is 6.27. The van der Waals surface area contributed by atoms with Crippen LogP contribution in [0, 0.1) is 5.92 Å². The molecule has 146 valence electrons. The maximum Gasteiger partial charge on any atom is 0.241 e. The third kappa shape index (κ3) is 7.77. The number of aliphatic imine (C=N–C) groups is 1. The van der Waals surface area contributed by atoms with Gasteiger partial charge in [-0.15, -0.1) is 24.0 Å². The molecule has 1 heterocycles. The molecule has 1 fully saturated rings. The van der Waals surface area contributed by atoms with Crippen LogP contribution >= 0.6 is 24.0 Å². The van der Waals surface area contributed by atoms with Gasteiger partial charge in [-0.3, -0.25) is 4.79 Å². The van der Waals surface area contributed by atoms with Gasteiger partial charge in [-0.25, -0.2) is 4.99 Å². The number of nitrogens with one attached hydrogen (secondary N) is 2. The molecule has 2 N–H and O–H groups in total. The van der Waals surface area contributed by atoms with Gasteiger partial charge < -0.3 is 25.0 Å². The Morgan fingerprint density at radius 1 is 1.38 bits per heavy atom. The van der Waals surface area contributed by atoms with Crippen molar-refractivity contribution >= 4 is 35.8 Å². The Labute approximate surface area is 172 Å². The zero-order valence-corrected chi connectivity index (χ0v) is 18.0. The fraction of sp³-hybridized carbons (Fsp3) is 0.556. The maximum absolute atomic E-state index is 11.8. The van der Waals surface area contributed by atoms with Crippen LogP contribution in [0.1, 0.15) is 12.0 Å². The number of rotatable bonds is 7. The molecule has 1 aromatic carbocycles. The van der Waals surface area contributed by atoms with Crippen molar-refractivity contribution in [3.05, 3.63) is 29.8 Å². The lowest BCUT2D eigenvalue weighted by Gasteiger charge is -2.16. The van der Waals surface area contributed by atoms with E-state index in [9.17, 15) is 4.79 Å². The van der Waals surface area contributed by atoms with E-state index in [1.165, 1.54) is 0 Å². The highest BCUT2D eigenvalue weighted by Crippen LogP contribution is 2.13. The number of likely N-dealkylation sites (N-methyl/N-ethyl adjacent to an activating group) is 1. The molecule has 2 rings (SSSR count). The Kier molecular flexibility index (Phi) is 10.3. The number of nitrogens with zero attached hydrogens (tertiary/aromatic N) is 2. The normalized spacial score (nSPS) is 16.6. The van der Waals surface area contributed by atoms with Gasteiger partial charge in [0.15, 0.2) is 5.96 Å². The molecule has 0 bridgehead atoms. The minimum atomic E-state index is 0. The van der Waals surface area contributed by atoms with E-state index in [1.54, 1.807) is 26.1 Å². The molecule has 0 saturated carbocycles. The first-order valence-corrected chi connectivity index (χ1v) is 8.51. The van der Waals surface area contributed by atoms with Crippen molar-refractivity contribution in [1.29, 1.82) is 0 Å². The molecule has 26 heavy (non-hydrogen) atoms. The minimum Gasteiger partial charge on any atom is -0.497 e. The highest BCUT2D eigenvalue weighted by molar-refractivity contribution is 14.0. The number of methoxy groups -OCH3 is 1. The molecule has 1 aliphatic heterocycles. The first kappa shape index (κ1) is 22.5. The van der Waals surface area contributed by atoms with E-state index in [4.69, 9.17) is 9.47 Å². The van der Waals surface area contributed by atoms with E-state index < -0.39 is 0 Å². The summed E-state index contributed by atoms with van der Waals surface area (Å²) < 4.78 is 10.6. The summed E-state index contributed by atoms with van der Waals surface area (Å²) in [5, 5.41) is 6.41. The van der Waals surface area contributed by atoms with E-state index in [-0.39, 0.29) is 36.4 Å². The minimum absolute atomic E-state index is 0. The molecule has 0 radical (unpaired) electrons. The number of ether oxygens (including phenoxy) is 2. The molecule has 1 unspecified atom stereocenters. The van der Waals surface area contributed by atoms with Gasteiger partial charge in [0, 0.05) is 33.2 Å². The van der Waals surface area contributed by atoms with Gasteiger partial charge in [0.05, 0.1) is 26.8 Å². The monoisotopic (exact) mass is 476 g/mol. The lowest BCUT2D eigenvalue weighted by molar-refractivity contribution is -0.127. The van der Waals surface area contributed by atoms with E-state index >= 15 is 0 Å². The molecule has 7 nitrogen and oxygen atoms in total. The lowest BCUT2D eigenvalue weighted by atomic mass is 10.1. The van der Waals surface area contributed by atoms with Gasteiger partial charge >= 0.3 is 0 Å². The third-order valence-corrected chi connectivity index (χ3v) is 4.04. The van der Waals surface area contributed by atoms with Crippen LogP contribution in [0.3, 0.4) is 0 Å². The predicted octanol–water partition coefficient (Wildman–Crippen LogP) is 1.47. The maximum atomic E-state index is 11.8. The van der Waals surface area contributed by atoms with Crippen LogP contribution in [-0.2, 0) is 16.1 Å². The summed E-state index contributed by atoms with van der Waals surface area (Å²) in [7, 11) is 5.12. The number of hydrogen-bond acceptors (Lipinski definition) is 4. The molecule has 0 spiro atoms. The number of benzene rings is 1. The summed E-state index contributed by atoms with van der Waals surface area (Å²) in [6, 6.07) is 7.80. The number of amides is 1. The highest BCUT2D eigenvalue weighted by Gasteiger charge is 2.16. The number of carbonyl (C=O) groups is 1. The standard InChI is InChI=1S/C18H28N4O3.HI/c1-22(2)17(23)12-21-18(20-11-15-7-8-25-13-15)19-10-14-5-4-6-16(9-14)24-3;/h4-6,9,15H,7-8,10-13H2,1-3H3,(H2,19,20,21);1H. The number of carbonyl (C=O) groups excluding carboxylic acids is 1. The Bertz CT molecular complexity index is 590. The smallest absolute Gasteiger partial charge is 0.241 e. The Balaban J connectivity index is 0.00000338. The summed E-state index contributed by atoms with van der Waals surface area (Å²) in [5.74, 6) is 1.92. The Hall–Kier alpha value is -1.55. The zero-order chi connectivity index (χ0) is 18.1. The van der Waals surface area contributed by atoms with E-state index in [0.29, 0.717) is 18.4 Å². The zero-order valence-electron chi connectivity index (χ0n) is 15.7. The van der Waals surface area contributed by atoms with Crippen molar-refractivity contribution in [2.24, 2.45) is 10.9 Å². The summed E-state index contributed by atoms with van der Waals surface area (Å²) >= 11 is 0. The number of halogens is 1. The summed E-state index contributed by atoms with van der Waals surface area (Å²) in [6.45, 7) is 3.07. The SMILES string of the molecule is COc1cccc(CN=C(NCC(=O)N(C)C)NCC2CCOC2)c1.I. The van der Waals surface area contributed by atoms with Crippen LogP contribution in [0.2, 0.25) is 0 Å². The largest absolute Gasteiger partial charge is 0.497 e. The molecule has 1 aromatic rings. The van der Waals surface area contributed by atoms with Crippen molar-refractivity contribution < 1.29 is 14.3 Å². The van der Waals surface area contributed by atoms with Crippen LogP contribution < -0.4 is 15.4 Å². The topological polar surface area (TPSA) is 75.2 Å².